The van der Waals surface area contributed by atoms with Crippen molar-refractivity contribution in [1.82, 2.24) is 4.98 Å². The van der Waals surface area contributed by atoms with Crippen molar-refractivity contribution in [1.29, 1.82) is 0 Å². The first-order valence-corrected chi connectivity index (χ1v) is 30.0. The highest BCUT2D eigenvalue weighted by Crippen LogP contribution is 3.15. The van der Waals surface area contributed by atoms with Gasteiger partial charge in [0.15, 0.2) is 0 Å². The van der Waals surface area contributed by atoms with E-state index in [0.717, 1.165) is 24.8 Å². The Balaban J connectivity index is 2.82. The molecule has 0 spiro atoms. The number of aliphatic hydroxyl groups is 1. The smallest absolute Gasteiger partial charge is 0.271 e. The minimum atomic E-state index is -0.555. The van der Waals surface area contributed by atoms with Gasteiger partial charge >= 0.3 is 0 Å². The van der Waals surface area contributed by atoms with E-state index < -0.39 is 13.6 Å². The van der Waals surface area contributed by atoms with Gasteiger partial charge in [-0.05, 0) is 58.8 Å². The minimum absolute atomic E-state index is 0.0726. The number of anilines is 1. The molecule has 30 heavy (non-hydrogen) atoms. The molecular weight excluding hydrogens is 604 g/mol. The molecule has 5 nitrogen and oxygen atoms in total. The van der Waals surface area contributed by atoms with Gasteiger partial charge in [0.25, 0.3) is 5.56 Å². The second kappa shape index (κ2) is 15.8. The Labute approximate surface area is 202 Å². The summed E-state index contributed by atoms with van der Waals surface area (Å²) in [5, 5.41) is 10.6. The van der Waals surface area contributed by atoms with E-state index in [1.165, 1.54) is 0 Å². The van der Waals surface area contributed by atoms with E-state index in [2.05, 4.69) is 58.6 Å². The van der Waals surface area contributed by atoms with Crippen molar-refractivity contribution in [2.45, 2.75) is 32.8 Å². The highest BCUT2D eigenvalue weighted by molar-refractivity contribution is 9.17. The largest absolute Gasteiger partial charge is 0.391 e. The van der Waals surface area contributed by atoms with Crippen molar-refractivity contribution in [2.24, 2.45) is 0 Å². The Kier molecular flexibility index (Phi) is 16.8. The Hall–Kier alpha value is 3.83. The van der Waals surface area contributed by atoms with Gasteiger partial charge in [-0.1, -0.05) is 16.9 Å². The summed E-state index contributed by atoms with van der Waals surface area (Å²) in [7, 11) is 21.9. The van der Waals surface area contributed by atoms with Gasteiger partial charge in [-0.2, -0.15) is 0 Å². The number of pyridine rings is 1. The van der Waals surface area contributed by atoms with Crippen molar-refractivity contribution in [3.8, 4) is 0 Å². The predicted molar refractivity (Wildman–Crippen MR) is 172 cm³/mol. The number of rotatable bonds is 12. The molecule has 174 valence electrons. The monoisotopic (exact) mass is 638 g/mol. The van der Waals surface area contributed by atoms with E-state index in [4.69, 9.17) is 4.52 Å². The van der Waals surface area contributed by atoms with Gasteiger partial charge in [0.1, 0.15) is 5.69 Å². The molecule has 0 bridgehead atoms. The molecule has 0 aliphatic rings. The first kappa shape index (κ1) is 31.9. The second-order valence-electron chi connectivity index (χ2n) is 6.67. The lowest BCUT2D eigenvalue weighted by molar-refractivity contribution is 0.109. The number of aromatic amines is 1. The summed E-state index contributed by atoms with van der Waals surface area (Å²) >= 11 is 0. The molecule has 2 N–H and O–H groups in total. The van der Waals surface area contributed by atoms with Gasteiger partial charge in [-0.3, -0.25) is 4.79 Å². The van der Waals surface area contributed by atoms with E-state index in [-0.39, 0.29) is 33.5 Å². The van der Waals surface area contributed by atoms with Crippen LogP contribution in [-0.4, -0.2) is 36.9 Å². The molecule has 0 saturated carbocycles. The lowest BCUT2D eigenvalue weighted by Crippen LogP contribution is -2.25. The zero-order valence-corrected chi connectivity index (χ0v) is 30.0. The minimum Gasteiger partial charge on any atom is -0.391 e. The van der Waals surface area contributed by atoms with Gasteiger partial charge in [-0.15, -0.1) is 44.6 Å². The zero-order chi connectivity index (χ0) is 23.2. The van der Waals surface area contributed by atoms with Crippen LogP contribution in [0.5, 0.6) is 0 Å². The van der Waals surface area contributed by atoms with Gasteiger partial charge in [0.05, 0.1) is 20.2 Å². The van der Waals surface area contributed by atoms with Crippen LogP contribution in [0.3, 0.4) is 0 Å². The number of aromatic nitrogens is 1. The van der Waals surface area contributed by atoms with E-state index in [1.807, 2.05) is 32.8 Å². The third-order valence-corrected chi connectivity index (χ3v) is 67.3. The maximum atomic E-state index is 12.4. The van der Waals surface area contributed by atoms with Crippen LogP contribution in [0.2, 0.25) is 0 Å². The average molecular weight is 638 g/mol. The Morgan fingerprint density at radius 2 is 1.70 bits per heavy atom. The number of hydrogen-bond acceptors (Lipinski definition) is 4. The standard InChI is InChI=1S/C13H34N2O3P12/c1-8-9(2)12(15(3)4)13(17)14-11(8)6-5-10(16)7-18-26(29(24)25-19)30(27(20)21)28(22)23/h10,16,25H,5-7,19-24H2,1-4H3,(H,14,17). The lowest BCUT2D eigenvalue weighted by atomic mass is 10.0. The molecule has 0 aromatic carbocycles. The molecule has 0 aliphatic carbocycles. The summed E-state index contributed by atoms with van der Waals surface area (Å²) in [5.41, 5.74) is 3.62. The zero-order valence-electron chi connectivity index (χ0n) is 17.6. The van der Waals surface area contributed by atoms with E-state index in [0.29, 0.717) is 25.1 Å². The summed E-state index contributed by atoms with van der Waals surface area (Å²) in [5.74, 6) is 0. The summed E-state index contributed by atoms with van der Waals surface area (Å²) < 4.78 is 6.40. The third kappa shape index (κ3) is 9.71. The van der Waals surface area contributed by atoms with Crippen LogP contribution in [-0.2, 0) is 10.9 Å². The Morgan fingerprint density at radius 1 is 1.13 bits per heavy atom. The van der Waals surface area contributed by atoms with Gasteiger partial charge in [-0.25, -0.2) is 0 Å². The normalized spacial score (nSPS) is 15.5. The SMILES string of the molecule is Cc1c(CCC(O)COP(P(P)PP)P(P(P)P)P(P)P)[nH]c(=O)c(N(C)C)c1C. The second-order valence-corrected chi connectivity index (χ2v) is 49.6. The van der Waals surface area contributed by atoms with Gasteiger partial charge in [0.2, 0.25) is 0 Å². The third-order valence-electron chi connectivity index (χ3n) is 4.29. The molecule has 0 fully saturated rings. The number of nitrogens with one attached hydrogen (secondary N) is 1. The topological polar surface area (TPSA) is 65.6 Å². The first-order chi connectivity index (χ1) is 13.9. The van der Waals surface area contributed by atoms with Crippen LogP contribution >= 0.6 is 97.0 Å². The van der Waals surface area contributed by atoms with Crippen LogP contribution in [0.15, 0.2) is 4.79 Å². The molecule has 1 aromatic heterocycles. The predicted octanol–water partition coefficient (Wildman–Crippen LogP) is 7.69. The summed E-state index contributed by atoms with van der Waals surface area (Å²) in [6.07, 6.45) is 0.669. The maximum absolute atomic E-state index is 12.4. The fraction of sp³-hybridized carbons (Fsp3) is 0.615. The number of hydrogen-bond donors (Lipinski definition) is 2. The van der Waals surface area contributed by atoms with Crippen LogP contribution in [0.25, 0.3) is 0 Å². The van der Waals surface area contributed by atoms with E-state index in [9.17, 15) is 9.90 Å². The molecule has 10 unspecified atom stereocenters. The number of H-pyrrole nitrogens is 1. The van der Waals surface area contributed by atoms with Crippen LogP contribution in [0.1, 0.15) is 23.2 Å². The molecule has 1 heterocycles. The van der Waals surface area contributed by atoms with Crippen molar-refractivity contribution in [3.05, 3.63) is 27.2 Å². The Morgan fingerprint density at radius 3 is 2.17 bits per heavy atom. The van der Waals surface area contributed by atoms with Crippen molar-refractivity contribution in [3.63, 3.8) is 0 Å². The summed E-state index contributed by atoms with van der Waals surface area (Å²) in [6, 6.07) is 0. The molecular formula is C13H34N2O3P12. The number of aliphatic hydroxyl groups excluding tert-OH is 1. The van der Waals surface area contributed by atoms with E-state index >= 15 is 0 Å². The number of nitrogens with zero attached hydrogens (tertiary/aromatic N) is 1. The van der Waals surface area contributed by atoms with Crippen molar-refractivity contribution < 1.29 is 9.63 Å². The highest BCUT2D eigenvalue weighted by Gasteiger charge is 2.33. The molecule has 0 amide bonds. The molecule has 10 atom stereocenters. The van der Waals surface area contributed by atoms with E-state index in [1.54, 1.807) is 0 Å². The highest BCUT2D eigenvalue weighted by atomic mass is 33.2. The molecule has 17 heteroatoms. The van der Waals surface area contributed by atoms with Gasteiger partial charge < -0.3 is 19.5 Å². The van der Waals surface area contributed by atoms with Crippen LogP contribution in [0, 0.1) is 13.8 Å². The quantitative estimate of drug-likeness (QED) is 0.231. The van der Waals surface area contributed by atoms with Crippen molar-refractivity contribution in [2.75, 3.05) is 25.6 Å². The Bertz CT molecular complexity index is 726. The summed E-state index contributed by atoms with van der Waals surface area (Å²) in [4.78, 5) is 17.3. The maximum Gasteiger partial charge on any atom is 0.271 e. The average Bonchev–Trinajstić information content (AvgIpc) is 2.64. The fourth-order valence-corrected chi connectivity index (χ4v) is 93.4. The molecule has 0 saturated heterocycles. The van der Waals surface area contributed by atoms with Crippen LogP contribution in [0.4, 0.5) is 5.69 Å². The van der Waals surface area contributed by atoms with Crippen LogP contribution < -0.4 is 10.5 Å². The molecule has 1 aromatic rings. The van der Waals surface area contributed by atoms with Crippen molar-refractivity contribution >= 4 is 103 Å². The summed E-state index contributed by atoms with van der Waals surface area (Å²) in [6.45, 7) is 3.46. The number of aryl methyl sites for hydroxylation is 1. The molecule has 0 aliphatic heterocycles. The molecule has 1 rings (SSSR count). The fourth-order valence-electron chi connectivity index (χ4n) is 2.75. The first-order valence-electron chi connectivity index (χ1n) is 8.82. The van der Waals surface area contributed by atoms with Gasteiger partial charge in [0, 0.05) is 26.8 Å². The molecule has 0 radical (unpaired) electrons. The lowest BCUT2D eigenvalue weighted by Gasteiger charge is -2.36.